The van der Waals surface area contributed by atoms with Crippen molar-refractivity contribution in [3.8, 4) is 0 Å². The van der Waals surface area contributed by atoms with Crippen LogP contribution in [0.2, 0.25) is 0 Å². The highest BCUT2D eigenvalue weighted by Gasteiger charge is 2.21. The molecule has 0 bridgehead atoms. The van der Waals surface area contributed by atoms with E-state index in [4.69, 9.17) is 5.11 Å². The molecule has 2 N–H and O–H groups in total. The molecule has 1 aromatic carbocycles. The Morgan fingerprint density at radius 3 is 2.47 bits per heavy atom. The minimum Gasteiger partial charge on any atom is -0.392 e. The van der Waals surface area contributed by atoms with Crippen LogP contribution < -0.4 is 0 Å². The second-order valence-corrected chi connectivity index (χ2v) is 3.94. The molecule has 1 aromatic heterocycles. The lowest BCUT2D eigenvalue weighted by molar-refractivity contribution is 0.203. The van der Waals surface area contributed by atoms with Gasteiger partial charge < -0.3 is 10.2 Å². The van der Waals surface area contributed by atoms with E-state index in [1.165, 1.54) is 0 Å². The standard InChI is InChI=1S/C13H10F3NO2/c14-8-1-2-10(15)9(4-8)13(19)12-11(16)3-7(6-18)5-17-12/h1-5,13,18-19H,6H2. The Morgan fingerprint density at radius 1 is 1.11 bits per heavy atom. The number of aromatic nitrogens is 1. The van der Waals surface area contributed by atoms with Gasteiger partial charge in [-0.3, -0.25) is 4.98 Å². The molecule has 0 saturated heterocycles. The Bertz CT molecular complexity index is 604. The summed E-state index contributed by atoms with van der Waals surface area (Å²) in [6.07, 6.45) is -0.567. The van der Waals surface area contributed by atoms with E-state index in [0.717, 1.165) is 30.5 Å². The Hall–Kier alpha value is -1.92. The fourth-order valence-electron chi connectivity index (χ4n) is 1.65. The van der Waals surface area contributed by atoms with E-state index in [1.807, 2.05) is 0 Å². The molecule has 1 heterocycles. The summed E-state index contributed by atoms with van der Waals surface area (Å²) < 4.78 is 40.1. The molecule has 0 amide bonds. The predicted molar refractivity (Wildman–Crippen MR) is 60.5 cm³/mol. The van der Waals surface area contributed by atoms with Gasteiger partial charge in [0.2, 0.25) is 0 Å². The highest BCUT2D eigenvalue weighted by Crippen LogP contribution is 2.25. The normalized spacial score (nSPS) is 12.5. The lowest BCUT2D eigenvalue weighted by atomic mass is 10.0. The predicted octanol–water partition coefficient (Wildman–Crippen LogP) is 2.07. The lowest BCUT2D eigenvalue weighted by Gasteiger charge is -2.13. The van der Waals surface area contributed by atoms with E-state index in [9.17, 15) is 18.3 Å². The Kier molecular flexibility index (Phi) is 3.82. The third-order valence-corrected chi connectivity index (χ3v) is 2.62. The Labute approximate surface area is 107 Å². The monoisotopic (exact) mass is 269 g/mol. The zero-order valence-electron chi connectivity index (χ0n) is 9.65. The average molecular weight is 269 g/mol. The minimum atomic E-state index is -1.72. The van der Waals surface area contributed by atoms with Crippen LogP contribution >= 0.6 is 0 Å². The van der Waals surface area contributed by atoms with Crippen molar-refractivity contribution in [2.45, 2.75) is 12.7 Å². The topological polar surface area (TPSA) is 53.4 Å². The van der Waals surface area contributed by atoms with Gasteiger partial charge in [0.05, 0.1) is 6.61 Å². The maximum atomic E-state index is 13.7. The van der Waals surface area contributed by atoms with Gasteiger partial charge in [0.1, 0.15) is 29.2 Å². The summed E-state index contributed by atoms with van der Waals surface area (Å²) in [6.45, 7) is -0.408. The van der Waals surface area contributed by atoms with E-state index in [-0.39, 0.29) is 5.56 Å². The van der Waals surface area contributed by atoms with Crippen molar-refractivity contribution >= 4 is 0 Å². The van der Waals surface area contributed by atoms with E-state index in [1.54, 1.807) is 0 Å². The Balaban J connectivity index is 2.43. The van der Waals surface area contributed by atoms with Crippen LogP contribution in [0, 0.1) is 17.5 Å². The fraction of sp³-hybridized carbons (Fsp3) is 0.154. The molecule has 2 aromatic rings. The van der Waals surface area contributed by atoms with Gasteiger partial charge in [0.25, 0.3) is 0 Å². The van der Waals surface area contributed by atoms with Crippen molar-refractivity contribution in [2.24, 2.45) is 0 Å². The second-order valence-electron chi connectivity index (χ2n) is 3.94. The van der Waals surface area contributed by atoms with Crippen LogP contribution in [0.5, 0.6) is 0 Å². The molecule has 0 fully saturated rings. The van der Waals surface area contributed by atoms with Gasteiger partial charge in [-0.1, -0.05) is 0 Å². The molecule has 6 heteroatoms. The van der Waals surface area contributed by atoms with Crippen molar-refractivity contribution in [1.82, 2.24) is 4.98 Å². The highest BCUT2D eigenvalue weighted by atomic mass is 19.1. The molecule has 0 aliphatic heterocycles. The number of hydrogen-bond donors (Lipinski definition) is 2. The molecule has 1 unspecified atom stereocenters. The maximum absolute atomic E-state index is 13.7. The van der Waals surface area contributed by atoms with Gasteiger partial charge >= 0.3 is 0 Å². The van der Waals surface area contributed by atoms with Gasteiger partial charge in [-0.15, -0.1) is 0 Å². The number of benzene rings is 1. The summed E-state index contributed by atoms with van der Waals surface area (Å²) in [6, 6.07) is 3.49. The van der Waals surface area contributed by atoms with Crippen molar-refractivity contribution in [3.63, 3.8) is 0 Å². The summed E-state index contributed by atoms with van der Waals surface area (Å²) in [5, 5.41) is 18.7. The van der Waals surface area contributed by atoms with Crippen molar-refractivity contribution < 1.29 is 23.4 Å². The maximum Gasteiger partial charge on any atom is 0.148 e. The van der Waals surface area contributed by atoms with Crippen molar-refractivity contribution in [3.05, 3.63) is 64.7 Å². The first kappa shape index (κ1) is 13.5. The minimum absolute atomic E-state index is 0.216. The van der Waals surface area contributed by atoms with Gasteiger partial charge in [-0.2, -0.15) is 0 Å². The summed E-state index contributed by atoms with van der Waals surface area (Å²) in [5.41, 5.74) is -0.613. The first-order valence-electron chi connectivity index (χ1n) is 5.41. The number of pyridine rings is 1. The lowest BCUT2D eigenvalue weighted by Crippen LogP contribution is -2.08. The fourth-order valence-corrected chi connectivity index (χ4v) is 1.65. The van der Waals surface area contributed by atoms with Crippen LogP contribution in [0.4, 0.5) is 13.2 Å². The van der Waals surface area contributed by atoms with Crippen molar-refractivity contribution in [2.75, 3.05) is 0 Å². The van der Waals surface area contributed by atoms with Gasteiger partial charge in [0.15, 0.2) is 0 Å². The third kappa shape index (κ3) is 2.74. The molecule has 2 rings (SSSR count). The zero-order valence-corrected chi connectivity index (χ0v) is 9.65. The highest BCUT2D eigenvalue weighted by molar-refractivity contribution is 5.29. The molecule has 0 aliphatic carbocycles. The van der Waals surface area contributed by atoms with E-state index >= 15 is 0 Å². The molecular weight excluding hydrogens is 259 g/mol. The molecule has 3 nitrogen and oxygen atoms in total. The molecule has 100 valence electrons. The van der Waals surface area contributed by atoms with E-state index in [2.05, 4.69) is 4.98 Å². The number of aliphatic hydroxyl groups is 2. The first-order valence-corrected chi connectivity index (χ1v) is 5.41. The summed E-state index contributed by atoms with van der Waals surface area (Å²) in [5.74, 6) is -2.51. The number of nitrogens with zero attached hydrogens (tertiary/aromatic N) is 1. The average Bonchev–Trinajstić information content (AvgIpc) is 2.40. The van der Waals surface area contributed by atoms with E-state index < -0.39 is 41.4 Å². The van der Waals surface area contributed by atoms with Crippen LogP contribution in [0.1, 0.15) is 22.9 Å². The Morgan fingerprint density at radius 2 is 1.84 bits per heavy atom. The van der Waals surface area contributed by atoms with Crippen LogP contribution in [0.3, 0.4) is 0 Å². The van der Waals surface area contributed by atoms with Gasteiger partial charge in [0, 0.05) is 11.8 Å². The molecular formula is C13H10F3NO2. The van der Waals surface area contributed by atoms with Gasteiger partial charge in [-0.25, -0.2) is 13.2 Å². The zero-order chi connectivity index (χ0) is 14.0. The van der Waals surface area contributed by atoms with Gasteiger partial charge in [-0.05, 0) is 29.8 Å². The summed E-state index contributed by atoms with van der Waals surface area (Å²) in [4.78, 5) is 3.62. The molecule has 0 spiro atoms. The molecule has 1 atom stereocenters. The second kappa shape index (κ2) is 5.38. The van der Waals surface area contributed by atoms with Crippen LogP contribution in [-0.2, 0) is 6.61 Å². The van der Waals surface area contributed by atoms with Crippen LogP contribution in [0.15, 0.2) is 30.5 Å². The largest absolute Gasteiger partial charge is 0.392 e. The first-order chi connectivity index (χ1) is 9.02. The molecule has 0 aliphatic rings. The quantitative estimate of drug-likeness (QED) is 0.897. The molecule has 0 radical (unpaired) electrons. The third-order valence-electron chi connectivity index (χ3n) is 2.62. The summed E-state index contributed by atoms with van der Waals surface area (Å²) in [7, 11) is 0. The molecule has 19 heavy (non-hydrogen) atoms. The van der Waals surface area contributed by atoms with E-state index in [0.29, 0.717) is 0 Å². The van der Waals surface area contributed by atoms with Crippen LogP contribution in [0.25, 0.3) is 0 Å². The number of hydrogen-bond acceptors (Lipinski definition) is 3. The van der Waals surface area contributed by atoms with Crippen molar-refractivity contribution in [1.29, 1.82) is 0 Å². The van der Waals surface area contributed by atoms with Crippen LogP contribution in [-0.4, -0.2) is 15.2 Å². The number of aliphatic hydroxyl groups excluding tert-OH is 2. The SMILES string of the molecule is OCc1cnc(C(O)c2cc(F)ccc2F)c(F)c1. The summed E-state index contributed by atoms with van der Waals surface area (Å²) >= 11 is 0. The number of rotatable bonds is 3. The molecule has 0 saturated carbocycles. The smallest absolute Gasteiger partial charge is 0.148 e. The number of halogens is 3.